The quantitative estimate of drug-likeness (QED) is 0.277. The lowest BCUT2D eigenvalue weighted by Crippen LogP contribution is -2.54. The zero-order valence-electron chi connectivity index (χ0n) is 13.5. The number of hydroxylamine groups is 2. The Morgan fingerprint density at radius 1 is 1.33 bits per heavy atom. The van der Waals surface area contributed by atoms with Crippen molar-refractivity contribution in [3.63, 3.8) is 0 Å². The molecule has 16 nitrogen and oxygen atoms in total. The third-order valence-corrected chi connectivity index (χ3v) is 4.33. The monoisotopic (exact) mass is 405 g/mol. The number of nitrogen functional groups attached to an aromatic ring is 1. The number of aromatic nitrogens is 4. The van der Waals surface area contributed by atoms with E-state index in [1.54, 1.807) is 0 Å². The van der Waals surface area contributed by atoms with E-state index in [0.717, 1.165) is 9.58 Å². The first-order valence-corrected chi connectivity index (χ1v) is 8.89. The van der Waals surface area contributed by atoms with Crippen LogP contribution in [0.4, 0.5) is 10.7 Å². The molecular weight excluding hydrogens is 390 g/mol. The lowest BCUT2D eigenvalue weighted by Gasteiger charge is -2.29. The van der Waals surface area contributed by atoms with Gasteiger partial charge in [0.1, 0.15) is 12.6 Å². The van der Waals surface area contributed by atoms with Crippen LogP contribution in [0.15, 0.2) is 0 Å². The average molecular weight is 405 g/mol. The fourth-order valence-electron chi connectivity index (χ4n) is 2.82. The number of piperidine rings is 1. The highest BCUT2D eigenvalue weighted by Crippen LogP contribution is 2.30. The van der Waals surface area contributed by atoms with Crippen LogP contribution >= 0.6 is 0 Å². The molecule has 148 valence electrons. The Kier molecular flexibility index (Phi) is 4.81. The van der Waals surface area contributed by atoms with Crippen molar-refractivity contribution < 1.29 is 31.6 Å². The summed E-state index contributed by atoms with van der Waals surface area (Å²) in [7, 11) is -4.87. The van der Waals surface area contributed by atoms with Crippen molar-refractivity contribution >= 4 is 34.2 Å². The number of nitrogens with two attached hydrogens (primary N) is 1. The minimum atomic E-state index is -4.87. The van der Waals surface area contributed by atoms with Crippen LogP contribution in [0.1, 0.15) is 12.8 Å². The number of urea groups is 1. The number of nitrogens with zero attached hydrogens (tertiary/aromatic N) is 6. The van der Waals surface area contributed by atoms with E-state index < -0.39 is 40.3 Å². The normalized spacial score (nSPS) is 22.0. The maximum Gasteiger partial charge on any atom is 0.418 e. The van der Waals surface area contributed by atoms with Gasteiger partial charge in [0.25, 0.3) is 11.8 Å². The Morgan fingerprint density at radius 2 is 2.07 bits per heavy atom. The van der Waals surface area contributed by atoms with Gasteiger partial charge in [0, 0.05) is 6.54 Å². The topological polar surface area (TPSA) is 215 Å². The number of rotatable bonds is 5. The number of anilines is 1. The second-order valence-electron chi connectivity index (χ2n) is 5.74. The highest BCUT2D eigenvalue weighted by Gasteiger charge is 2.49. The third-order valence-electron chi connectivity index (χ3n) is 3.98. The average Bonchev–Trinajstić information content (AvgIpc) is 3.09. The number of carbonyl (C=O) groups excluding carboxylic acids is 3. The minimum Gasteiger partial charge on any atom is -0.367 e. The summed E-state index contributed by atoms with van der Waals surface area (Å²) in [4.78, 5) is 37.4. The van der Waals surface area contributed by atoms with Crippen molar-refractivity contribution in [1.82, 2.24) is 41.0 Å². The van der Waals surface area contributed by atoms with Crippen LogP contribution < -0.4 is 16.6 Å². The maximum absolute atomic E-state index is 12.3. The molecular formula is C10H15N9O7S. The van der Waals surface area contributed by atoms with E-state index in [1.165, 1.54) is 0 Å². The van der Waals surface area contributed by atoms with Crippen molar-refractivity contribution in [3.8, 4) is 0 Å². The van der Waals surface area contributed by atoms with Gasteiger partial charge in [0.05, 0.1) is 6.04 Å². The Hall–Kier alpha value is -3.05. The molecule has 2 saturated heterocycles. The minimum absolute atomic E-state index is 0.0293. The van der Waals surface area contributed by atoms with Crippen LogP contribution in [-0.4, -0.2) is 79.6 Å². The van der Waals surface area contributed by atoms with Crippen LogP contribution in [0.5, 0.6) is 0 Å². The molecule has 0 radical (unpaired) electrons. The number of nitrogens with one attached hydrogen (secondary N) is 2. The molecule has 0 saturated carbocycles. The second kappa shape index (κ2) is 6.93. The van der Waals surface area contributed by atoms with Crippen LogP contribution in [0.3, 0.4) is 0 Å². The molecule has 0 spiro atoms. The van der Waals surface area contributed by atoms with Gasteiger partial charge in [0.15, 0.2) is 0 Å². The summed E-state index contributed by atoms with van der Waals surface area (Å²) in [6.45, 7) is -0.313. The largest absolute Gasteiger partial charge is 0.418 e. The first-order chi connectivity index (χ1) is 12.7. The van der Waals surface area contributed by atoms with Gasteiger partial charge in [0.2, 0.25) is 5.95 Å². The number of hydrazine groups is 1. The van der Waals surface area contributed by atoms with Gasteiger partial charge in [-0.2, -0.15) is 13.5 Å². The van der Waals surface area contributed by atoms with Crippen molar-refractivity contribution in [2.75, 3.05) is 12.3 Å². The summed E-state index contributed by atoms with van der Waals surface area (Å²) in [5.41, 5.74) is 9.72. The molecule has 2 atom stereocenters. The molecule has 27 heavy (non-hydrogen) atoms. The fourth-order valence-corrected chi connectivity index (χ4v) is 3.21. The lowest BCUT2D eigenvalue weighted by molar-refractivity contribution is -0.132. The Balaban J connectivity index is 1.56. The number of hydrogen-bond donors (Lipinski definition) is 4. The molecule has 2 aliphatic rings. The molecule has 17 heteroatoms. The molecule has 1 aromatic rings. The maximum atomic E-state index is 12.3. The Labute approximate surface area is 151 Å². The van der Waals surface area contributed by atoms with Gasteiger partial charge < -0.3 is 10.6 Å². The molecule has 2 bridgehead atoms. The molecule has 3 rings (SSSR count). The van der Waals surface area contributed by atoms with E-state index in [2.05, 4.69) is 30.7 Å². The molecule has 5 N–H and O–H groups in total. The number of carbonyl (C=O) groups is 3. The van der Waals surface area contributed by atoms with E-state index in [1.807, 2.05) is 0 Å². The first-order valence-electron chi connectivity index (χ1n) is 7.53. The second-order valence-corrected chi connectivity index (χ2v) is 6.75. The number of fused-ring (bicyclic) bond motifs is 2. The smallest absolute Gasteiger partial charge is 0.367 e. The van der Waals surface area contributed by atoms with Crippen LogP contribution in [0, 0.1) is 0 Å². The summed E-state index contributed by atoms with van der Waals surface area (Å²) < 4.78 is 35.7. The standard InChI is InChI=1S/C10H15N9O7S/c11-9-14-15-16-18(9)4-7(20)12-13-8(21)6-2-1-5-3-17(6)10(22)19(5)26-27(23,24)25/h5-6H,1-4H2,(H,12,20)(H,13,21)(H2,11,14,16)(H,23,24,25). The highest BCUT2D eigenvalue weighted by atomic mass is 32.3. The zero-order chi connectivity index (χ0) is 19.8. The summed E-state index contributed by atoms with van der Waals surface area (Å²) >= 11 is 0. The lowest BCUT2D eigenvalue weighted by atomic mass is 10.0. The van der Waals surface area contributed by atoms with Crippen LogP contribution in [0.2, 0.25) is 0 Å². The molecule has 2 fully saturated rings. The molecule has 0 aromatic carbocycles. The van der Waals surface area contributed by atoms with E-state index in [-0.39, 0.29) is 31.9 Å². The molecule has 2 aliphatic heterocycles. The van der Waals surface area contributed by atoms with Crippen molar-refractivity contribution in [3.05, 3.63) is 0 Å². The molecule has 2 unspecified atom stereocenters. The predicted molar refractivity (Wildman–Crippen MR) is 81.9 cm³/mol. The first kappa shape index (κ1) is 18.7. The fraction of sp³-hybridized carbons (Fsp3) is 0.600. The van der Waals surface area contributed by atoms with Gasteiger partial charge in [-0.1, -0.05) is 5.10 Å². The molecule has 3 heterocycles. The van der Waals surface area contributed by atoms with Gasteiger partial charge in [-0.05, 0) is 23.3 Å². The van der Waals surface area contributed by atoms with Crippen LogP contribution in [0.25, 0.3) is 0 Å². The van der Waals surface area contributed by atoms with Gasteiger partial charge in [-0.25, -0.2) is 9.48 Å². The zero-order valence-corrected chi connectivity index (χ0v) is 14.4. The van der Waals surface area contributed by atoms with Crippen molar-refractivity contribution in [2.24, 2.45) is 0 Å². The SMILES string of the molecule is Nc1nnnn1CC(=O)NNC(=O)C1CCC2CN1C(=O)N2OS(=O)(=O)O. The number of tetrazole rings is 1. The van der Waals surface area contributed by atoms with E-state index in [4.69, 9.17) is 10.3 Å². The number of amides is 4. The highest BCUT2D eigenvalue weighted by molar-refractivity contribution is 7.80. The molecule has 4 amide bonds. The third kappa shape index (κ3) is 4.04. The summed E-state index contributed by atoms with van der Waals surface area (Å²) in [6, 6.07) is -2.47. The van der Waals surface area contributed by atoms with Crippen molar-refractivity contribution in [1.29, 1.82) is 0 Å². The summed E-state index contributed by atoms with van der Waals surface area (Å²) in [5, 5.41) is 10.6. The van der Waals surface area contributed by atoms with Crippen LogP contribution in [-0.2, 0) is 30.8 Å². The van der Waals surface area contributed by atoms with E-state index in [0.29, 0.717) is 5.06 Å². The summed E-state index contributed by atoms with van der Waals surface area (Å²) in [6.07, 6.45) is 0.453. The number of hydrogen-bond acceptors (Lipinski definition) is 10. The van der Waals surface area contributed by atoms with E-state index in [9.17, 15) is 22.8 Å². The predicted octanol–water partition coefficient (Wildman–Crippen LogP) is -3.59. The van der Waals surface area contributed by atoms with E-state index >= 15 is 0 Å². The van der Waals surface area contributed by atoms with Crippen molar-refractivity contribution in [2.45, 2.75) is 31.5 Å². The molecule has 0 aliphatic carbocycles. The van der Waals surface area contributed by atoms with Gasteiger partial charge >= 0.3 is 16.4 Å². The molecule has 1 aromatic heterocycles. The Morgan fingerprint density at radius 3 is 2.70 bits per heavy atom. The van der Waals surface area contributed by atoms with Gasteiger partial charge in [-0.3, -0.25) is 25.0 Å². The summed E-state index contributed by atoms with van der Waals surface area (Å²) in [5.74, 6) is -1.44. The Bertz CT molecular complexity index is 870. The van der Waals surface area contributed by atoms with Gasteiger partial charge in [-0.15, -0.1) is 4.28 Å².